The second-order valence-corrected chi connectivity index (χ2v) is 16.1. The number of carbonyl (C=O) groups is 3. The van der Waals surface area contributed by atoms with Crippen LogP contribution in [0.2, 0.25) is 5.02 Å². The van der Waals surface area contributed by atoms with Gasteiger partial charge in [0.1, 0.15) is 17.0 Å². The highest BCUT2D eigenvalue weighted by atomic mass is 35.5. The molecule has 0 fully saturated rings. The summed E-state index contributed by atoms with van der Waals surface area (Å²) in [6, 6.07) is 22.7. The van der Waals surface area contributed by atoms with Gasteiger partial charge in [-0.3, -0.25) is 14.7 Å². The lowest BCUT2D eigenvalue weighted by Crippen LogP contribution is -2.41. The van der Waals surface area contributed by atoms with Crippen LogP contribution in [-0.4, -0.2) is 82.3 Å². The third-order valence-corrected chi connectivity index (χ3v) is 9.11. The van der Waals surface area contributed by atoms with Crippen molar-refractivity contribution in [2.24, 2.45) is 5.73 Å². The molecule has 0 bridgehead atoms. The molecule has 5 aromatic rings. The van der Waals surface area contributed by atoms with Gasteiger partial charge in [-0.1, -0.05) is 60.1 Å². The summed E-state index contributed by atoms with van der Waals surface area (Å²) in [6.45, 7) is 13.4. The van der Waals surface area contributed by atoms with Crippen molar-refractivity contribution >= 4 is 57.2 Å². The number of nitrogens with zero attached hydrogens (tertiary/aromatic N) is 5. The summed E-state index contributed by atoms with van der Waals surface area (Å²) in [4.78, 5) is 53.7. The smallest absolute Gasteiger partial charge is 0.416 e. The van der Waals surface area contributed by atoms with Gasteiger partial charge in [-0.2, -0.15) is 0 Å². The molecule has 0 saturated carbocycles. The zero-order valence-electron chi connectivity index (χ0n) is 32.8. The third-order valence-electron chi connectivity index (χ3n) is 8.80. The number of amides is 3. The highest BCUT2D eigenvalue weighted by Crippen LogP contribution is 2.33. The largest absolute Gasteiger partial charge is 0.444 e. The zero-order valence-corrected chi connectivity index (χ0v) is 33.5. The van der Waals surface area contributed by atoms with Crippen molar-refractivity contribution < 1.29 is 23.9 Å². The molecule has 55 heavy (non-hydrogen) atoms. The Morgan fingerprint density at radius 1 is 0.764 bits per heavy atom. The number of rotatable bonds is 13. The first-order valence-corrected chi connectivity index (χ1v) is 18.8. The van der Waals surface area contributed by atoms with Crippen molar-refractivity contribution in [1.82, 2.24) is 19.8 Å². The number of carbonyl (C=O) groups excluding carboxylic acids is 3. The number of anilines is 1. The number of hydrogen-bond acceptors (Lipinski definition) is 8. The maximum absolute atomic E-state index is 13.8. The first-order valence-electron chi connectivity index (χ1n) is 18.5. The first-order chi connectivity index (χ1) is 26.0. The Balaban J connectivity index is 1.28. The zero-order chi connectivity index (χ0) is 39.9. The van der Waals surface area contributed by atoms with Gasteiger partial charge in [-0.25, -0.2) is 14.6 Å². The molecule has 0 saturated heterocycles. The van der Waals surface area contributed by atoms with Gasteiger partial charge < -0.3 is 25.0 Å². The van der Waals surface area contributed by atoms with Crippen LogP contribution in [0.3, 0.4) is 0 Å². The van der Waals surface area contributed by atoms with Gasteiger partial charge >= 0.3 is 12.2 Å². The third kappa shape index (κ3) is 11.1. The van der Waals surface area contributed by atoms with Crippen LogP contribution in [0.1, 0.15) is 70.3 Å². The summed E-state index contributed by atoms with van der Waals surface area (Å²) in [5.74, 6) is -0.169. The van der Waals surface area contributed by atoms with Crippen LogP contribution in [0.25, 0.3) is 32.8 Å². The van der Waals surface area contributed by atoms with E-state index >= 15 is 0 Å². The van der Waals surface area contributed by atoms with Crippen molar-refractivity contribution in [2.75, 3.05) is 38.1 Å². The van der Waals surface area contributed by atoms with Crippen LogP contribution in [0.4, 0.5) is 15.4 Å². The number of unbranched alkanes of at least 4 members (excludes halogenated alkanes) is 1. The van der Waals surface area contributed by atoms with Crippen LogP contribution in [-0.2, 0) is 16.0 Å². The Bertz CT molecular complexity index is 2150. The Morgan fingerprint density at radius 3 is 2.13 bits per heavy atom. The molecule has 5 rings (SSSR count). The molecule has 3 amide bonds. The molecule has 0 aliphatic rings. The maximum Gasteiger partial charge on any atom is 0.416 e. The maximum atomic E-state index is 13.8. The number of hydrogen-bond donors (Lipinski definition) is 1. The van der Waals surface area contributed by atoms with Gasteiger partial charge in [-0.15, -0.1) is 0 Å². The minimum absolute atomic E-state index is 0.278. The van der Waals surface area contributed by atoms with E-state index in [2.05, 4.69) is 9.88 Å². The molecule has 12 heteroatoms. The van der Waals surface area contributed by atoms with E-state index in [1.807, 2.05) is 103 Å². The van der Waals surface area contributed by atoms with E-state index in [0.29, 0.717) is 48.1 Å². The molecule has 3 aromatic carbocycles. The Kier molecular flexibility index (Phi) is 13.0. The summed E-state index contributed by atoms with van der Waals surface area (Å²) in [5.41, 5.74) is 7.89. The summed E-state index contributed by atoms with van der Waals surface area (Å²) >= 11 is 6.71. The van der Waals surface area contributed by atoms with E-state index < -0.39 is 23.2 Å². The van der Waals surface area contributed by atoms with Gasteiger partial charge in [0, 0.05) is 70.9 Å². The molecular weight excluding hydrogens is 716 g/mol. The average Bonchev–Trinajstić information content (AvgIpc) is 3.11. The average molecular weight is 767 g/mol. The van der Waals surface area contributed by atoms with Crippen LogP contribution in [0.5, 0.6) is 0 Å². The minimum atomic E-state index is -0.746. The van der Waals surface area contributed by atoms with Gasteiger partial charge in [0.05, 0.1) is 5.52 Å². The molecule has 0 spiro atoms. The molecule has 0 radical (unpaired) electrons. The number of ether oxygens (including phenoxy) is 2. The van der Waals surface area contributed by atoms with Gasteiger partial charge in [0.25, 0.3) is 0 Å². The number of halogens is 1. The number of primary amides is 1. The highest BCUT2D eigenvalue weighted by molar-refractivity contribution is 6.33. The van der Waals surface area contributed by atoms with E-state index in [1.165, 1.54) is 0 Å². The molecule has 290 valence electrons. The molecule has 0 atom stereocenters. The van der Waals surface area contributed by atoms with E-state index in [1.54, 1.807) is 40.4 Å². The molecule has 0 aliphatic heterocycles. The van der Waals surface area contributed by atoms with Crippen LogP contribution in [0, 0.1) is 0 Å². The van der Waals surface area contributed by atoms with Crippen LogP contribution >= 0.6 is 11.6 Å². The van der Waals surface area contributed by atoms with Crippen molar-refractivity contribution in [1.29, 1.82) is 0 Å². The van der Waals surface area contributed by atoms with E-state index in [4.69, 9.17) is 31.8 Å². The topological polar surface area (TPSA) is 131 Å². The first kappa shape index (κ1) is 40.9. The minimum Gasteiger partial charge on any atom is -0.444 e. The molecule has 0 unspecified atom stereocenters. The van der Waals surface area contributed by atoms with E-state index in [0.717, 1.165) is 45.7 Å². The Hall–Kier alpha value is -5.26. The fourth-order valence-electron chi connectivity index (χ4n) is 6.15. The quantitative estimate of drug-likeness (QED) is 0.0928. The van der Waals surface area contributed by atoms with Crippen molar-refractivity contribution in [3.05, 3.63) is 101 Å². The molecule has 2 aromatic heterocycles. The molecule has 2 heterocycles. The fourth-order valence-corrected chi connectivity index (χ4v) is 6.46. The van der Waals surface area contributed by atoms with E-state index in [9.17, 15) is 14.4 Å². The number of aromatic nitrogens is 2. The van der Waals surface area contributed by atoms with Crippen LogP contribution < -0.4 is 10.6 Å². The lowest BCUT2D eigenvalue weighted by molar-refractivity contribution is 0.0229. The number of likely N-dealkylation sites (N-methyl/N-ethyl adjacent to an activating group) is 1. The highest BCUT2D eigenvalue weighted by Gasteiger charge is 2.27. The number of nitrogens with two attached hydrogens (primary N) is 1. The standard InChI is InChI=1S/C43H51ClN6O5/c1-42(2,3)54-40(52)49(28-29-15-17-32(36(44)25-29)30-13-9-8-10-14-30)22-12-11-21-48(7)23-24-50(41(53)55-43(4,5)6)39-34-19-20-46-27-35(34)33-18-16-31(38(45)51)26-37(33)47-39/h8-10,13-20,25-27H,11-12,21-24,28H2,1-7H3,(H2,45,51). The summed E-state index contributed by atoms with van der Waals surface area (Å²) in [6.07, 6.45) is 3.97. The predicted molar refractivity (Wildman–Crippen MR) is 219 cm³/mol. The van der Waals surface area contributed by atoms with Crippen molar-refractivity contribution in [3.63, 3.8) is 0 Å². The summed E-state index contributed by atoms with van der Waals surface area (Å²) in [5, 5.41) is 2.91. The lowest BCUT2D eigenvalue weighted by atomic mass is 10.0. The van der Waals surface area contributed by atoms with Crippen molar-refractivity contribution in [3.8, 4) is 11.1 Å². The van der Waals surface area contributed by atoms with E-state index in [-0.39, 0.29) is 12.6 Å². The van der Waals surface area contributed by atoms with Gasteiger partial charge in [-0.05, 0) is 103 Å². The van der Waals surface area contributed by atoms with Gasteiger partial charge in [0.2, 0.25) is 5.91 Å². The number of benzene rings is 3. The predicted octanol–water partition coefficient (Wildman–Crippen LogP) is 9.09. The Morgan fingerprint density at radius 2 is 1.45 bits per heavy atom. The number of fused-ring (bicyclic) bond motifs is 3. The molecule has 11 nitrogen and oxygen atoms in total. The monoisotopic (exact) mass is 766 g/mol. The molecule has 0 aliphatic carbocycles. The second-order valence-electron chi connectivity index (χ2n) is 15.7. The van der Waals surface area contributed by atoms with Gasteiger partial charge in [0.15, 0.2) is 0 Å². The summed E-state index contributed by atoms with van der Waals surface area (Å²) < 4.78 is 11.6. The van der Waals surface area contributed by atoms with Crippen LogP contribution in [0.15, 0.2) is 85.2 Å². The SMILES string of the molecule is CN(CCCCN(Cc1ccc(-c2ccccc2)c(Cl)c1)C(=O)OC(C)(C)C)CCN(C(=O)OC(C)(C)C)c1nc2cc(C(N)=O)ccc2c2cnccc12. The van der Waals surface area contributed by atoms with Crippen molar-refractivity contribution in [2.45, 2.75) is 72.1 Å². The molecule has 2 N–H and O–H groups in total. The Labute approximate surface area is 328 Å². The normalized spacial score (nSPS) is 11.9. The molecular formula is C43H51ClN6O5. The fraction of sp³-hybridized carbons (Fsp3) is 0.372. The summed E-state index contributed by atoms with van der Waals surface area (Å²) in [7, 11) is 1.99. The lowest BCUT2D eigenvalue weighted by Gasteiger charge is -2.29. The number of pyridine rings is 2. The second kappa shape index (κ2) is 17.5.